The summed E-state index contributed by atoms with van der Waals surface area (Å²) in [4.78, 5) is 24.9. The molecular formula is C15H19ClN2O3. The molecule has 2 N–H and O–H groups in total. The predicted octanol–water partition coefficient (Wildman–Crippen LogP) is 1.75. The molecular weight excluding hydrogens is 292 g/mol. The number of likely N-dealkylation sites (tertiary alicyclic amines) is 1. The molecule has 0 aliphatic carbocycles. The van der Waals surface area contributed by atoms with Gasteiger partial charge in [0.15, 0.2) is 0 Å². The van der Waals surface area contributed by atoms with Crippen molar-refractivity contribution in [1.29, 1.82) is 0 Å². The van der Waals surface area contributed by atoms with Gasteiger partial charge < -0.3 is 10.4 Å². The smallest absolute Gasteiger partial charge is 0.310 e. The molecule has 0 spiro atoms. The average Bonchev–Trinajstić information content (AvgIpc) is 2.81. The number of rotatable bonds is 5. The molecule has 21 heavy (non-hydrogen) atoms. The number of carboxylic acid groups (broad SMARTS) is 1. The fraction of sp³-hybridized carbons (Fsp3) is 0.467. The molecule has 114 valence electrons. The summed E-state index contributed by atoms with van der Waals surface area (Å²) in [6.07, 6.45) is 0.576. The van der Waals surface area contributed by atoms with Crippen LogP contribution in [0.1, 0.15) is 18.9 Å². The summed E-state index contributed by atoms with van der Waals surface area (Å²) in [5.41, 5.74) is 0.237. The standard InChI is InChI=1S/C15H19ClN2O3/c1-15(14(20)21)6-7-18(10-15)9-13(19)17-8-11-2-4-12(16)5-3-11/h2-5H,6-10H2,1H3,(H,17,19)(H,20,21). The van der Waals surface area contributed by atoms with E-state index in [9.17, 15) is 9.59 Å². The van der Waals surface area contributed by atoms with Crippen LogP contribution in [0.5, 0.6) is 0 Å². The minimum atomic E-state index is -0.799. The average molecular weight is 311 g/mol. The van der Waals surface area contributed by atoms with Gasteiger partial charge in [0, 0.05) is 18.1 Å². The Hall–Kier alpha value is -1.59. The molecule has 1 aromatic carbocycles. The van der Waals surface area contributed by atoms with Gasteiger partial charge in [0.05, 0.1) is 12.0 Å². The van der Waals surface area contributed by atoms with Gasteiger partial charge in [-0.05, 0) is 37.6 Å². The third kappa shape index (κ3) is 4.19. The van der Waals surface area contributed by atoms with Crippen LogP contribution < -0.4 is 5.32 Å². The molecule has 1 aromatic rings. The fourth-order valence-corrected chi connectivity index (χ4v) is 2.55. The van der Waals surface area contributed by atoms with Crippen molar-refractivity contribution in [2.45, 2.75) is 19.9 Å². The lowest BCUT2D eigenvalue weighted by atomic mass is 9.90. The molecule has 1 aliphatic heterocycles. The van der Waals surface area contributed by atoms with E-state index in [-0.39, 0.29) is 12.5 Å². The molecule has 1 saturated heterocycles. The highest BCUT2D eigenvalue weighted by molar-refractivity contribution is 6.30. The van der Waals surface area contributed by atoms with E-state index in [1.165, 1.54) is 0 Å². The minimum Gasteiger partial charge on any atom is -0.481 e. The fourth-order valence-electron chi connectivity index (χ4n) is 2.43. The highest BCUT2D eigenvalue weighted by atomic mass is 35.5. The number of aliphatic carboxylic acids is 1. The van der Waals surface area contributed by atoms with Gasteiger partial charge in [0.2, 0.25) is 5.91 Å². The molecule has 0 radical (unpaired) electrons. The van der Waals surface area contributed by atoms with Crippen LogP contribution in [0.25, 0.3) is 0 Å². The van der Waals surface area contributed by atoms with Gasteiger partial charge in [-0.3, -0.25) is 14.5 Å². The number of carboxylic acids is 1. The number of halogens is 1. The quantitative estimate of drug-likeness (QED) is 0.869. The van der Waals surface area contributed by atoms with E-state index >= 15 is 0 Å². The van der Waals surface area contributed by atoms with Gasteiger partial charge in [-0.25, -0.2) is 0 Å². The SMILES string of the molecule is CC1(C(=O)O)CCN(CC(=O)NCc2ccc(Cl)cc2)C1. The molecule has 6 heteroatoms. The van der Waals surface area contributed by atoms with E-state index in [4.69, 9.17) is 16.7 Å². The van der Waals surface area contributed by atoms with E-state index in [2.05, 4.69) is 5.32 Å². The van der Waals surface area contributed by atoms with Crippen LogP contribution >= 0.6 is 11.6 Å². The molecule has 1 amide bonds. The second-order valence-corrected chi connectivity index (χ2v) is 6.17. The first-order valence-electron chi connectivity index (χ1n) is 6.86. The van der Waals surface area contributed by atoms with Crippen LogP contribution in [-0.4, -0.2) is 41.5 Å². The van der Waals surface area contributed by atoms with Crippen molar-refractivity contribution in [3.63, 3.8) is 0 Å². The molecule has 1 heterocycles. The zero-order valence-electron chi connectivity index (χ0n) is 11.9. The van der Waals surface area contributed by atoms with Crippen molar-refractivity contribution in [2.75, 3.05) is 19.6 Å². The van der Waals surface area contributed by atoms with Crippen molar-refractivity contribution in [1.82, 2.24) is 10.2 Å². The van der Waals surface area contributed by atoms with Crippen LogP contribution in [0, 0.1) is 5.41 Å². The number of hydrogen-bond donors (Lipinski definition) is 2. The third-order valence-electron chi connectivity index (χ3n) is 3.84. The topological polar surface area (TPSA) is 69.6 Å². The summed E-state index contributed by atoms with van der Waals surface area (Å²) in [7, 11) is 0. The number of amides is 1. The van der Waals surface area contributed by atoms with Gasteiger partial charge in [0.1, 0.15) is 0 Å². The monoisotopic (exact) mass is 310 g/mol. The summed E-state index contributed by atoms with van der Waals surface area (Å²) in [5, 5.41) is 12.7. The third-order valence-corrected chi connectivity index (χ3v) is 4.09. The molecule has 0 aromatic heterocycles. The first-order valence-corrected chi connectivity index (χ1v) is 7.24. The van der Waals surface area contributed by atoms with E-state index < -0.39 is 11.4 Å². The molecule has 1 atom stereocenters. The number of hydrogen-bond acceptors (Lipinski definition) is 3. The Balaban J connectivity index is 1.78. The predicted molar refractivity (Wildman–Crippen MR) is 80.1 cm³/mol. The maximum Gasteiger partial charge on any atom is 0.310 e. The summed E-state index contributed by atoms with van der Waals surface area (Å²) in [6, 6.07) is 7.28. The van der Waals surface area contributed by atoms with Crippen molar-refractivity contribution in [3.8, 4) is 0 Å². The van der Waals surface area contributed by atoms with Gasteiger partial charge in [-0.1, -0.05) is 23.7 Å². The second-order valence-electron chi connectivity index (χ2n) is 5.73. The van der Waals surface area contributed by atoms with Crippen molar-refractivity contribution in [3.05, 3.63) is 34.9 Å². The van der Waals surface area contributed by atoms with Gasteiger partial charge in [0.25, 0.3) is 0 Å². The van der Waals surface area contributed by atoms with Gasteiger partial charge in [-0.15, -0.1) is 0 Å². The van der Waals surface area contributed by atoms with Gasteiger partial charge in [-0.2, -0.15) is 0 Å². The van der Waals surface area contributed by atoms with Crippen LogP contribution in [-0.2, 0) is 16.1 Å². The zero-order chi connectivity index (χ0) is 15.5. The summed E-state index contributed by atoms with van der Waals surface area (Å²) in [6.45, 7) is 3.45. The summed E-state index contributed by atoms with van der Waals surface area (Å²) in [5.74, 6) is -0.897. The van der Waals surface area contributed by atoms with E-state index in [1.54, 1.807) is 19.1 Å². The van der Waals surface area contributed by atoms with Crippen molar-refractivity contribution in [2.24, 2.45) is 5.41 Å². The number of nitrogens with zero attached hydrogens (tertiary/aromatic N) is 1. The maximum atomic E-state index is 11.9. The van der Waals surface area contributed by atoms with E-state index in [0.29, 0.717) is 31.1 Å². The Morgan fingerprint density at radius 3 is 2.62 bits per heavy atom. The largest absolute Gasteiger partial charge is 0.481 e. The Bertz CT molecular complexity index is 532. The second kappa shape index (κ2) is 6.45. The van der Waals surface area contributed by atoms with Crippen LogP contribution in [0.2, 0.25) is 5.02 Å². The lowest BCUT2D eigenvalue weighted by Gasteiger charge is -2.19. The highest BCUT2D eigenvalue weighted by Crippen LogP contribution is 2.29. The Morgan fingerprint density at radius 2 is 2.05 bits per heavy atom. The molecule has 0 saturated carbocycles. The summed E-state index contributed by atoms with van der Waals surface area (Å²) >= 11 is 5.80. The normalized spacial score (nSPS) is 22.2. The van der Waals surface area contributed by atoms with Crippen molar-refractivity contribution < 1.29 is 14.7 Å². The molecule has 2 rings (SSSR count). The Labute approximate surface area is 128 Å². The van der Waals surface area contributed by atoms with Gasteiger partial charge >= 0.3 is 5.97 Å². The molecule has 0 bridgehead atoms. The first-order chi connectivity index (χ1) is 9.89. The number of carbonyl (C=O) groups is 2. The zero-order valence-corrected chi connectivity index (χ0v) is 12.7. The molecule has 1 fully saturated rings. The number of nitrogens with one attached hydrogen (secondary N) is 1. The Kier molecular flexibility index (Phi) is 4.85. The minimum absolute atomic E-state index is 0.0976. The lowest BCUT2D eigenvalue weighted by Crippen LogP contribution is -2.38. The lowest BCUT2D eigenvalue weighted by molar-refractivity contribution is -0.147. The number of benzene rings is 1. The van der Waals surface area contributed by atoms with Crippen LogP contribution in [0.3, 0.4) is 0 Å². The summed E-state index contributed by atoms with van der Waals surface area (Å²) < 4.78 is 0. The van der Waals surface area contributed by atoms with Crippen LogP contribution in [0.4, 0.5) is 0 Å². The van der Waals surface area contributed by atoms with Crippen LogP contribution in [0.15, 0.2) is 24.3 Å². The van der Waals surface area contributed by atoms with E-state index in [0.717, 1.165) is 5.56 Å². The highest BCUT2D eigenvalue weighted by Gasteiger charge is 2.40. The van der Waals surface area contributed by atoms with Crippen molar-refractivity contribution >= 4 is 23.5 Å². The number of carbonyl (C=O) groups excluding carboxylic acids is 1. The first kappa shape index (κ1) is 15.8. The molecule has 1 aliphatic rings. The van der Waals surface area contributed by atoms with E-state index in [1.807, 2.05) is 17.0 Å². The maximum absolute atomic E-state index is 11.9. The molecule has 5 nitrogen and oxygen atoms in total. The Morgan fingerprint density at radius 1 is 1.38 bits per heavy atom. The molecule has 1 unspecified atom stereocenters.